The molecule has 0 aliphatic heterocycles. The predicted octanol–water partition coefficient (Wildman–Crippen LogP) is 3.66. The highest BCUT2D eigenvalue weighted by molar-refractivity contribution is 7.94. The van der Waals surface area contributed by atoms with Crippen LogP contribution in [0, 0.1) is 6.92 Å². The van der Waals surface area contributed by atoms with Gasteiger partial charge >= 0.3 is 0 Å². The van der Waals surface area contributed by atoms with E-state index in [1.54, 1.807) is 36.4 Å². The smallest absolute Gasteiger partial charge is 0.250 e. The van der Waals surface area contributed by atoms with E-state index in [0.717, 1.165) is 11.0 Å². The normalized spacial score (nSPS) is 11.7. The van der Waals surface area contributed by atoms with Crippen LogP contribution in [0.25, 0.3) is 5.70 Å². The topological polar surface area (TPSA) is 80.3 Å². The van der Waals surface area contributed by atoms with Gasteiger partial charge in [0.05, 0.1) is 16.0 Å². The Bertz CT molecular complexity index is 1010. The van der Waals surface area contributed by atoms with Crippen LogP contribution in [0.3, 0.4) is 0 Å². The Kier molecular flexibility index (Phi) is 6.13. The zero-order valence-corrected chi connectivity index (χ0v) is 16.3. The molecule has 0 bridgehead atoms. The SMILES string of the molecule is C=C(C)C(=O)NC(=CS(=O)(=O)c1ccc(C)cc1)c1ccc(C(C)=O)cc1. The highest BCUT2D eigenvalue weighted by Gasteiger charge is 2.16. The van der Waals surface area contributed by atoms with Gasteiger partial charge in [-0.3, -0.25) is 9.59 Å². The third-order valence-electron chi connectivity index (χ3n) is 3.86. The summed E-state index contributed by atoms with van der Waals surface area (Å²) >= 11 is 0. The number of rotatable bonds is 6. The fraction of sp³-hybridized carbons (Fsp3) is 0.143. The summed E-state index contributed by atoms with van der Waals surface area (Å²) in [6.45, 7) is 8.40. The van der Waals surface area contributed by atoms with Crippen molar-refractivity contribution >= 4 is 27.2 Å². The number of hydrogen-bond donors (Lipinski definition) is 1. The van der Waals surface area contributed by atoms with Crippen molar-refractivity contribution in [1.29, 1.82) is 0 Å². The number of nitrogens with one attached hydrogen (secondary N) is 1. The van der Waals surface area contributed by atoms with Gasteiger partial charge in [-0.05, 0) is 38.5 Å². The zero-order valence-electron chi connectivity index (χ0n) is 15.4. The van der Waals surface area contributed by atoms with Crippen molar-refractivity contribution in [2.24, 2.45) is 0 Å². The van der Waals surface area contributed by atoms with Gasteiger partial charge in [0, 0.05) is 11.1 Å². The number of aryl methyl sites for hydroxylation is 1. The fourth-order valence-corrected chi connectivity index (χ4v) is 3.39. The Hall–Kier alpha value is -2.99. The van der Waals surface area contributed by atoms with Crippen molar-refractivity contribution in [3.05, 3.63) is 82.8 Å². The van der Waals surface area contributed by atoms with Crippen molar-refractivity contribution in [3.8, 4) is 0 Å². The molecule has 0 aromatic heterocycles. The van der Waals surface area contributed by atoms with E-state index in [-0.39, 0.29) is 21.9 Å². The summed E-state index contributed by atoms with van der Waals surface area (Å²) in [5.74, 6) is -0.596. The summed E-state index contributed by atoms with van der Waals surface area (Å²) < 4.78 is 25.5. The second-order valence-electron chi connectivity index (χ2n) is 6.26. The van der Waals surface area contributed by atoms with Gasteiger partial charge in [-0.2, -0.15) is 0 Å². The Morgan fingerprint density at radius 2 is 1.44 bits per heavy atom. The van der Waals surface area contributed by atoms with Gasteiger partial charge in [-0.25, -0.2) is 8.42 Å². The number of amides is 1. The van der Waals surface area contributed by atoms with Crippen molar-refractivity contribution in [1.82, 2.24) is 5.32 Å². The van der Waals surface area contributed by atoms with Crippen LogP contribution in [-0.4, -0.2) is 20.1 Å². The summed E-state index contributed by atoms with van der Waals surface area (Å²) in [7, 11) is -3.80. The molecule has 0 saturated carbocycles. The molecule has 0 radical (unpaired) electrons. The summed E-state index contributed by atoms with van der Waals surface area (Å²) in [5, 5.41) is 3.59. The minimum atomic E-state index is -3.80. The van der Waals surface area contributed by atoms with Crippen molar-refractivity contribution < 1.29 is 18.0 Å². The first-order valence-electron chi connectivity index (χ1n) is 8.22. The van der Waals surface area contributed by atoms with E-state index < -0.39 is 15.7 Å². The van der Waals surface area contributed by atoms with Crippen LogP contribution in [0.1, 0.15) is 35.3 Å². The van der Waals surface area contributed by atoms with E-state index in [2.05, 4.69) is 11.9 Å². The van der Waals surface area contributed by atoms with E-state index in [0.29, 0.717) is 11.1 Å². The highest BCUT2D eigenvalue weighted by atomic mass is 32.2. The van der Waals surface area contributed by atoms with Gasteiger partial charge in [0.1, 0.15) is 0 Å². The van der Waals surface area contributed by atoms with Crippen LogP contribution in [0.15, 0.2) is 71.0 Å². The number of Topliss-reactive ketones (excluding diaryl/α,β-unsaturated/α-hetero) is 1. The number of hydrogen-bond acceptors (Lipinski definition) is 4. The third-order valence-corrected chi connectivity index (χ3v) is 5.34. The molecule has 0 unspecified atom stereocenters. The average Bonchev–Trinajstić information content (AvgIpc) is 2.61. The largest absolute Gasteiger partial charge is 0.321 e. The number of carbonyl (C=O) groups excluding carboxylic acids is 2. The molecule has 6 heteroatoms. The van der Waals surface area contributed by atoms with Gasteiger partial charge < -0.3 is 5.32 Å². The second-order valence-corrected chi connectivity index (χ2v) is 8.05. The first-order chi connectivity index (χ1) is 12.6. The highest BCUT2D eigenvalue weighted by Crippen LogP contribution is 2.20. The first kappa shape index (κ1) is 20.3. The van der Waals surface area contributed by atoms with Crippen LogP contribution >= 0.6 is 0 Å². The molecule has 0 spiro atoms. The molecule has 2 aromatic carbocycles. The minimum absolute atomic E-state index is 0.106. The van der Waals surface area contributed by atoms with Gasteiger partial charge in [0.15, 0.2) is 5.78 Å². The van der Waals surface area contributed by atoms with Crippen LogP contribution in [-0.2, 0) is 14.6 Å². The van der Waals surface area contributed by atoms with Gasteiger partial charge in [0.25, 0.3) is 5.91 Å². The molecule has 0 atom stereocenters. The molecule has 1 N–H and O–H groups in total. The minimum Gasteiger partial charge on any atom is -0.321 e. The second kappa shape index (κ2) is 8.14. The van der Waals surface area contributed by atoms with E-state index in [9.17, 15) is 18.0 Å². The van der Waals surface area contributed by atoms with Crippen molar-refractivity contribution in [2.45, 2.75) is 25.7 Å². The van der Waals surface area contributed by atoms with Crippen LogP contribution in [0.5, 0.6) is 0 Å². The molecular formula is C21H21NO4S. The number of carbonyl (C=O) groups is 2. The van der Waals surface area contributed by atoms with Crippen molar-refractivity contribution in [2.75, 3.05) is 0 Å². The molecule has 0 heterocycles. The summed E-state index contributed by atoms with van der Waals surface area (Å²) in [5.41, 5.74) is 2.25. The Labute approximate surface area is 159 Å². The lowest BCUT2D eigenvalue weighted by Gasteiger charge is -2.11. The molecule has 2 rings (SSSR count). The number of ketones is 1. The summed E-state index contributed by atoms with van der Waals surface area (Å²) in [6, 6.07) is 12.8. The number of benzene rings is 2. The molecular weight excluding hydrogens is 362 g/mol. The first-order valence-corrected chi connectivity index (χ1v) is 9.76. The fourth-order valence-electron chi connectivity index (χ4n) is 2.23. The lowest BCUT2D eigenvalue weighted by Crippen LogP contribution is -2.23. The molecule has 0 saturated heterocycles. The quantitative estimate of drug-likeness (QED) is 0.610. The standard InChI is InChI=1S/C21H21NO4S/c1-14(2)21(24)22-20(18-9-7-17(8-10-18)16(4)23)13-27(25,26)19-11-5-15(3)6-12-19/h5-13H,1H2,2-4H3,(H,22,24). The molecule has 27 heavy (non-hydrogen) atoms. The van der Waals surface area contributed by atoms with E-state index in [1.807, 2.05) is 6.92 Å². The molecule has 5 nitrogen and oxygen atoms in total. The third kappa shape index (κ3) is 5.24. The molecule has 140 valence electrons. The molecule has 0 fully saturated rings. The van der Waals surface area contributed by atoms with Crippen molar-refractivity contribution in [3.63, 3.8) is 0 Å². The Morgan fingerprint density at radius 1 is 0.926 bits per heavy atom. The lowest BCUT2D eigenvalue weighted by atomic mass is 10.1. The maximum atomic E-state index is 12.7. The molecule has 2 aromatic rings. The van der Waals surface area contributed by atoms with Gasteiger partial charge in [-0.1, -0.05) is 48.5 Å². The van der Waals surface area contributed by atoms with E-state index in [1.165, 1.54) is 26.0 Å². The molecule has 0 aliphatic carbocycles. The summed E-state index contributed by atoms with van der Waals surface area (Å²) in [6.07, 6.45) is 0. The zero-order chi connectivity index (χ0) is 20.2. The van der Waals surface area contributed by atoms with Gasteiger partial charge in [0.2, 0.25) is 9.84 Å². The average molecular weight is 383 g/mol. The Balaban J connectivity index is 2.52. The van der Waals surface area contributed by atoms with Crippen LogP contribution in [0.2, 0.25) is 0 Å². The van der Waals surface area contributed by atoms with Gasteiger partial charge in [-0.15, -0.1) is 0 Å². The Morgan fingerprint density at radius 3 is 1.93 bits per heavy atom. The predicted molar refractivity (Wildman–Crippen MR) is 106 cm³/mol. The van der Waals surface area contributed by atoms with E-state index >= 15 is 0 Å². The maximum Gasteiger partial charge on any atom is 0.250 e. The maximum absolute atomic E-state index is 12.7. The monoisotopic (exact) mass is 383 g/mol. The van der Waals surface area contributed by atoms with E-state index in [4.69, 9.17) is 0 Å². The lowest BCUT2D eigenvalue weighted by molar-refractivity contribution is -0.116. The summed E-state index contributed by atoms with van der Waals surface area (Å²) in [4.78, 5) is 23.6. The van der Waals surface area contributed by atoms with Crippen LogP contribution < -0.4 is 5.32 Å². The van der Waals surface area contributed by atoms with Crippen LogP contribution in [0.4, 0.5) is 0 Å². The molecule has 1 amide bonds. The number of sulfone groups is 1. The molecule has 0 aliphatic rings.